The van der Waals surface area contributed by atoms with Crippen LogP contribution in [0.4, 0.5) is 18.9 Å². The van der Waals surface area contributed by atoms with Gasteiger partial charge in [-0.3, -0.25) is 4.90 Å². The van der Waals surface area contributed by atoms with E-state index in [0.29, 0.717) is 6.04 Å². The van der Waals surface area contributed by atoms with Crippen molar-refractivity contribution in [3.8, 4) is 5.75 Å². The van der Waals surface area contributed by atoms with Gasteiger partial charge >= 0.3 is 6.36 Å². The van der Waals surface area contributed by atoms with E-state index in [-0.39, 0.29) is 5.75 Å². The highest BCUT2D eigenvalue weighted by Crippen LogP contribution is 2.26. The Kier molecular flexibility index (Phi) is 4.96. The highest BCUT2D eigenvalue weighted by molar-refractivity contribution is 5.49. The largest absolute Gasteiger partial charge is 0.573 e. The summed E-state index contributed by atoms with van der Waals surface area (Å²) in [6, 6.07) is 6.81. The van der Waals surface area contributed by atoms with E-state index in [2.05, 4.69) is 19.9 Å². The van der Waals surface area contributed by atoms with Crippen LogP contribution in [-0.2, 0) is 0 Å². The topological polar surface area (TPSA) is 27.7 Å². The average molecular weight is 329 g/mol. The zero-order valence-corrected chi connectivity index (χ0v) is 13.0. The van der Waals surface area contributed by atoms with Crippen molar-refractivity contribution in [2.45, 2.75) is 25.2 Å². The highest BCUT2D eigenvalue weighted by Gasteiger charge is 2.31. The van der Waals surface area contributed by atoms with Crippen LogP contribution in [0.25, 0.3) is 0 Å². The van der Waals surface area contributed by atoms with Gasteiger partial charge in [0.25, 0.3) is 0 Å². The average Bonchev–Trinajstić information content (AvgIpc) is 2.55. The predicted octanol–water partition coefficient (Wildman–Crippen LogP) is 2.46. The second-order valence-corrected chi connectivity index (χ2v) is 6.05. The second kappa shape index (κ2) is 6.97. The van der Waals surface area contributed by atoms with E-state index in [1.54, 1.807) is 12.1 Å². The SMILES string of the molecule is FC(F)(F)Oc1ccc(N2CCN(C3CCNCC3)CC2)cc1. The molecule has 3 rings (SSSR count). The lowest BCUT2D eigenvalue weighted by molar-refractivity contribution is -0.274. The van der Waals surface area contributed by atoms with Crippen LogP contribution < -0.4 is 15.0 Å². The maximum Gasteiger partial charge on any atom is 0.573 e. The van der Waals surface area contributed by atoms with Crippen LogP contribution in [0.3, 0.4) is 0 Å². The fourth-order valence-corrected chi connectivity index (χ4v) is 3.38. The molecular weight excluding hydrogens is 307 g/mol. The first-order chi connectivity index (χ1) is 11.0. The van der Waals surface area contributed by atoms with Gasteiger partial charge in [-0.25, -0.2) is 0 Å². The number of piperidine rings is 1. The van der Waals surface area contributed by atoms with E-state index >= 15 is 0 Å². The summed E-state index contributed by atoms with van der Waals surface area (Å²) in [7, 11) is 0. The maximum absolute atomic E-state index is 12.2. The predicted molar refractivity (Wildman–Crippen MR) is 82.8 cm³/mol. The molecule has 7 heteroatoms. The van der Waals surface area contributed by atoms with E-state index in [9.17, 15) is 13.2 Å². The fraction of sp³-hybridized carbons (Fsp3) is 0.625. The summed E-state index contributed by atoms with van der Waals surface area (Å²) in [6.07, 6.45) is -2.24. The van der Waals surface area contributed by atoms with E-state index in [4.69, 9.17) is 0 Å². The molecule has 0 unspecified atom stereocenters. The third-order valence-corrected chi connectivity index (χ3v) is 4.57. The molecule has 0 aliphatic carbocycles. The zero-order chi connectivity index (χ0) is 16.3. The molecule has 2 fully saturated rings. The van der Waals surface area contributed by atoms with Gasteiger partial charge in [-0.2, -0.15) is 0 Å². The summed E-state index contributed by atoms with van der Waals surface area (Å²) in [4.78, 5) is 4.76. The fourth-order valence-electron chi connectivity index (χ4n) is 3.38. The molecule has 2 aliphatic rings. The number of hydrogen-bond acceptors (Lipinski definition) is 4. The standard InChI is InChI=1S/C16H22F3N3O/c17-16(18,19)23-15-3-1-13(2-4-15)21-9-11-22(12-10-21)14-5-7-20-8-6-14/h1-4,14,20H,5-12H2. The summed E-state index contributed by atoms with van der Waals surface area (Å²) in [5, 5.41) is 3.38. The number of ether oxygens (including phenoxy) is 1. The van der Waals surface area contributed by atoms with Gasteiger partial charge in [-0.1, -0.05) is 0 Å². The van der Waals surface area contributed by atoms with E-state index in [1.807, 2.05) is 0 Å². The van der Waals surface area contributed by atoms with Crippen molar-refractivity contribution < 1.29 is 17.9 Å². The molecule has 2 heterocycles. The van der Waals surface area contributed by atoms with Gasteiger partial charge in [-0.05, 0) is 50.2 Å². The Bertz CT molecular complexity index is 492. The van der Waals surface area contributed by atoms with Crippen LogP contribution in [-0.4, -0.2) is 56.6 Å². The Morgan fingerprint density at radius 3 is 2.13 bits per heavy atom. The molecule has 4 nitrogen and oxygen atoms in total. The van der Waals surface area contributed by atoms with Crippen LogP contribution in [0, 0.1) is 0 Å². The Morgan fingerprint density at radius 2 is 1.57 bits per heavy atom. The summed E-state index contributed by atoms with van der Waals surface area (Å²) in [5.74, 6) is -0.172. The van der Waals surface area contributed by atoms with Crippen molar-refractivity contribution in [1.29, 1.82) is 0 Å². The molecule has 1 aromatic carbocycles. The monoisotopic (exact) mass is 329 g/mol. The third-order valence-electron chi connectivity index (χ3n) is 4.57. The van der Waals surface area contributed by atoms with Crippen LogP contribution in [0.5, 0.6) is 5.75 Å². The van der Waals surface area contributed by atoms with Crippen LogP contribution in [0.15, 0.2) is 24.3 Å². The molecule has 2 saturated heterocycles. The Labute approximate surface area is 134 Å². The normalized spacial score (nSPS) is 21.4. The molecule has 0 aromatic heterocycles. The Hall–Kier alpha value is -1.47. The first-order valence-electron chi connectivity index (χ1n) is 8.07. The maximum atomic E-state index is 12.2. The summed E-state index contributed by atoms with van der Waals surface area (Å²) in [5.41, 5.74) is 0.949. The number of nitrogens with zero attached hydrogens (tertiary/aromatic N) is 2. The first-order valence-corrected chi connectivity index (χ1v) is 8.07. The number of piperazine rings is 1. The number of alkyl halides is 3. The first kappa shape index (κ1) is 16.4. The molecular formula is C16H22F3N3O. The lowest BCUT2D eigenvalue weighted by atomic mass is 10.0. The molecule has 2 aliphatic heterocycles. The van der Waals surface area contributed by atoms with Crippen LogP contribution in [0.1, 0.15) is 12.8 Å². The molecule has 1 aromatic rings. The van der Waals surface area contributed by atoms with Crippen molar-refractivity contribution >= 4 is 5.69 Å². The second-order valence-electron chi connectivity index (χ2n) is 6.05. The number of nitrogens with one attached hydrogen (secondary N) is 1. The molecule has 0 bridgehead atoms. The third kappa shape index (κ3) is 4.51. The summed E-state index contributed by atoms with van der Waals surface area (Å²) < 4.78 is 40.4. The zero-order valence-electron chi connectivity index (χ0n) is 13.0. The molecule has 1 N–H and O–H groups in total. The van der Waals surface area contributed by atoms with Gasteiger partial charge in [0, 0.05) is 37.9 Å². The van der Waals surface area contributed by atoms with Crippen LogP contribution >= 0.6 is 0 Å². The van der Waals surface area contributed by atoms with Crippen molar-refractivity contribution in [3.63, 3.8) is 0 Å². The molecule has 0 atom stereocenters. The number of benzene rings is 1. The number of halogens is 3. The quantitative estimate of drug-likeness (QED) is 0.922. The smallest absolute Gasteiger partial charge is 0.406 e. The molecule has 0 amide bonds. The molecule has 0 radical (unpaired) electrons. The van der Waals surface area contributed by atoms with Gasteiger partial charge in [0.1, 0.15) is 5.75 Å². The minimum absolute atomic E-state index is 0.172. The van der Waals surface area contributed by atoms with Crippen molar-refractivity contribution in [1.82, 2.24) is 10.2 Å². The molecule has 128 valence electrons. The lowest BCUT2D eigenvalue weighted by Crippen LogP contribution is -2.52. The minimum Gasteiger partial charge on any atom is -0.406 e. The summed E-state index contributed by atoms with van der Waals surface area (Å²) >= 11 is 0. The van der Waals surface area contributed by atoms with Gasteiger partial charge in [-0.15, -0.1) is 13.2 Å². The van der Waals surface area contributed by atoms with E-state index in [0.717, 1.165) is 45.0 Å². The number of anilines is 1. The Balaban J connectivity index is 1.53. The molecule has 23 heavy (non-hydrogen) atoms. The van der Waals surface area contributed by atoms with E-state index < -0.39 is 6.36 Å². The highest BCUT2D eigenvalue weighted by atomic mass is 19.4. The summed E-state index contributed by atoms with van der Waals surface area (Å²) in [6.45, 7) is 6.00. The molecule has 0 saturated carbocycles. The number of rotatable bonds is 3. The van der Waals surface area contributed by atoms with Crippen LogP contribution in [0.2, 0.25) is 0 Å². The molecule has 0 spiro atoms. The minimum atomic E-state index is -4.64. The van der Waals surface area contributed by atoms with Gasteiger partial charge in [0.2, 0.25) is 0 Å². The number of hydrogen-bond donors (Lipinski definition) is 1. The Morgan fingerprint density at radius 1 is 0.957 bits per heavy atom. The van der Waals surface area contributed by atoms with E-state index in [1.165, 1.54) is 25.0 Å². The van der Waals surface area contributed by atoms with Crippen molar-refractivity contribution in [2.24, 2.45) is 0 Å². The van der Waals surface area contributed by atoms with Crippen molar-refractivity contribution in [2.75, 3.05) is 44.2 Å². The lowest BCUT2D eigenvalue weighted by Gasteiger charge is -2.41. The van der Waals surface area contributed by atoms with Gasteiger partial charge in [0.05, 0.1) is 0 Å². The van der Waals surface area contributed by atoms with Gasteiger partial charge in [0.15, 0.2) is 0 Å². The van der Waals surface area contributed by atoms with Gasteiger partial charge < -0.3 is 15.0 Å². The van der Waals surface area contributed by atoms with Crippen molar-refractivity contribution in [3.05, 3.63) is 24.3 Å².